The van der Waals surface area contributed by atoms with E-state index < -0.39 is 0 Å². The van der Waals surface area contributed by atoms with Gasteiger partial charge in [-0.1, -0.05) is 54.6 Å². The molecule has 0 aliphatic carbocycles. The second kappa shape index (κ2) is 7.20. The molecule has 0 fully saturated rings. The van der Waals surface area contributed by atoms with Crippen molar-refractivity contribution in [1.82, 2.24) is 4.57 Å². The van der Waals surface area contributed by atoms with Crippen LogP contribution in [0, 0.1) is 11.6 Å². The third-order valence-corrected chi connectivity index (χ3v) is 4.84. The van der Waals surface area contributed by atoms with Crippen molar-refractivity contribution in [2.45, 2.75) is 5.92 Å². The van der Waals surface area contributed by atoms with E-state index in [0.29, 0.717) is 0 Å². The Kier molecular flexibility index (Phi) is 4.59. The van der Waals surface area contributed by atoms with Crippen LogP contribution in [0.25, 0.3) is 17.0 Å². The van der Waals surface area contributed by atoms with E-state index in [-0.39, 0.29) is 17.6 Å². The Morgan fingerprint density at radius 1 is 0.815 bits per heavy atom. The number of aryl methyl sites for hydroxylation is 1. The highest BCUT2D eigenvalue weighted by atomic mass is 19.1. The summed E-state index contributed by atoms with van der Waals surface area (Å²) in [5.74, 6) is -0.545. The van der Waals surface area contributed by atoms with E-state index in [2.05, 4.69) is 29.0 Å². The Morgan fingerprint density at radius 3 is 2.15 bits per heavy atom. The molecule has 1 aromatic heterocycles. The van der Waals surface area contributed by atoms with Gasteiger partial charge in [0, 0.05) is 30.1 Å². The van der Waals surface area contributed by atoms with Gasteiger partial charge in [0.05, 0.1) is 0 Å². The summed E-state index contributed by atoms with van der Waals surface area (Å²) in [4.78, 5) is 0. The van der Waals surface area contributed by atoms with Crippen LogP contribution in [0.15, 0.2) is 85.1 Å². The Morgan fingerprint density at radius 2 is 1.44 bits per heavy atom. The molecule has 0 radical (unpaired) electrons. The minimum absolute atomic E-state index is 0.0400. The lowest BCUT2D eigenvalue weighted by Gasteiger charge is -2.13. The van der Waals surface area contributed by atoms with Crippen LogP contribution in [0.5, 0.6) is 0 Å². The molecule has 0 aliphatic rings. The topological polar surface area (TPSA) is 4.93 Å². The van der Waals surface area contributed by atoms with Gasteiger partial charge in [0.2, 0.25) is 0 Å². The van der Waals surface area contributed by atoms with Gasteiger partial charge >= 0.3 is 0 Å². The summed E-state index contributed by atoms with van der Waals surface area (Å²) < 4.78 is 28.7. The molecule has 0 saturated heterocycles. The zero-order chi connectivity index (χ0) is 18.8. The second-order valence-corrected chi connectivity index (χ2v) is 6.65. The summed E-state index contributed by atoms with van der Waals surface area (Å²) in [5.41, 5.74) is 4.22. The molecular weight excluding hydrogens is 340 g/mol. The van der Waals surface area contributed by atoms with Gasteiger partial charge in [-0.25, -0.2) is 8.78 Å². The van der Waals surface area contributed by atoms with Crippen molar-refractivity contribution in [1.29, 1.82) is 0 Å². The summed E-state index contributed by atoms with van der Waals surface area (Å²) in [7, 11) is 2.03. The number of halogens is 2. The predicted molar refractivity (Wildman–Crippen MR) is 107 cm³/mol. The smallest absolute Gasteiger partial charge is 0.123 e. The van der Waals surface area contributed by atoms with Gasteiger partial charge in [-0.3, -0.25) is 0 Å². The Labute approximate surface area is 157 Å². The van der Waals surface area contributed by atoms with Gasteiger partial charge < -0.3 is 4.57 Å². The van der Waals surface area contributed by atoms with Crippen LogP contribution in [-0.2, 0) is 7.05 Å². The number of fused-ring (bicyclic) bond motifs is 1. The first-order chi connectivity index (χ1) is 13.1. The number of hydrogen-bond donors (Lipinski definition) is 0. The molecule has 3 aromatic carbocycles. The van der Waals surface area contributed by atoms with Crippen LogP contribution in [0.1, 0.15) is 22.6 Å². The fourth-order valence-corrected chi connectivity index (χ4v) is 3.47. The molecule has 1 atom stereocenters. The Hall–Kier alpha value is -3.20. The van der Waals surface area contributed by atoms with Crippen molar-refractivity contribution in [2.75, 3.05) is 0 Å². The minimum Gasteiger partial charge on any atom is -0.350 e. The average Bonchev–Trinajstić information content (AvgIpc) is 3.02. The van der Waals surface area contributed by atoms with Crippen LogP contribution in [-0.4, -0.2) is 4.57 Å². The van der Waals surface area contributed by atoms with Gasteiger partial charge in [0.15, 0.2) is 0 Å². The summed E-state index contributed by atoms with van der Waals surface area (Å²) in [6.45, 7) is 0. The van der Waals surface area contributed by atoms with Crippen molar-refractivity contribution >= 4 is 17.0 Å². The maximum Gasteiger partial charge on any atom is 0.123 e. The van der Waals surface area contributed by atoms with E-state index in [1.54, 1.807) is 12.1 Å². The number of nitrogens with zero attached hydrogens (tertiary/aromatic N) is 1. The summed E-state index contributed by atoms with van der Waals surface area (Å²) in [6.07, 6.45) is 6.19. The lowest BCUT2D eigenvalue weighted by atomic mass is 9.90. The molecule has 1 nitrogen and oxygen atoms in total. The molecule has 27 heavy (non-hydrogen) atoms. The van der Waals surface area contributed by atoms with Crippen molar-refractivity contribution in [3.63, 3.8) is 0 Å². The van der Waals surface area contributed by atoms with Gasteiger partial charge in [-0.05, 0) is 47.0 Å². The monoisotopic (exact) mass is 359 g/mol. The van der Waals surface area contributed by atoms with Crippen molar-refractivity contribution < 1.29 is 8.78 Å². The molecule has 0 aliphatic heterocycles. The first-order valence-electron chi connectivity index (χ1n) is 8.85. The molecule has 0 amide bonds. The third kappa shape index (κ3) is 3.54. The summed E-state index contributed by atoms with van der Waals surface area (Å²) in [5, 5.41) is 1.16. The van der Waals surface area contributed by atoms with E-state index in [4.69, 9.17) is 0 Å². The van der Waals surface area contributed by atoms with Gasteiger partial charge in [-0.2, -0.15) is 0 Å². The SMILES string of the molecule is Cn1cc(C(/C=C/c2ccc(F)cc2)c2ccc(F)cc2)c2ccccc21. The molecule has 3 heteroatoms. The van der Waals surface area contributed by atoms with Crippen LogP contribution in [0.3, 0.4) is 0 Å². The maximum absolute atomic E-state index is 13.4. The highest BCUT2D eigenvalue weighted by molar-refractivity contribution is 5.85. The standard InChI is InChI=1S/C24H19F2N/c1-27-16-23(22-4-2-3-5-24(22)27)21(18-9-13-20(26)14-10-18)15-8-17-6-11-19(25)12-7-17/h2-16,21H,1H3/b15-8+. The number of para-hydroxylation sites is 1. The zero-order valence-electron chi connectivity index (χ0n) is 14.9. The molecule has 0 spiro atoms. The normalized spacial score (nSPS) is 12.7. The van der Waals surface area contributed by atoms with E-state index in [0.717, 1.165) is 27.6 Å². The van der Waals surface area contributed by atoms with Crippen LogP contribution in [0.4, 0.5) is 8.78 Å². The quantitative estimate of drug-likeness (QED) is 0.403. The highest BCUT2D eigenvalue weighted by Crippen LogP contribution is 2.33. The fourth-order valence-electron chi connectivity index (χ4n) is 3.47. The number of hydrogen-bond acceptors (Lipinski definition) is 0. The summed E-state index contributed by atoms with van der Waals surface area (Å²) >= 11 is 0. The van der Waals surface area contributed by atoms with Gasteiger partial charge in [0.1, 0.15) is 11.6 Å². The first kappa shape index (κ1) is 17.2. The van der Waals surface area contributed by atoms with E-state index >= 15 is 0 Å². The first-order valence-corrected chi connectivity index (χ1v) is 8.85. The Balaban J connectivity index is 1.82. The molecule has 4 aromatic rings. The van der Waals surface area contributed by atoms with Crippen molar-refractivity contribution in [3.8, 4) is 0 Å². The average molecular weight is 359 g/mol. The number of allylic oxidation sites excluding steroid dienone is 1. The predicted octanol–water partition coefficient (Wildman–Crippen LogP) is 6.30. The zero-order valence-corrected chi connectivity index (χ0v) is 14.9. The van der Waals surface area contributed by atoms with Crippen molar-refractivity contribution in [3.05, 3.63) is 113 Å². The molecule has 4 rings (SSSR count). The van der Waals surface area contributed by atoms with Crippen LogP contribution in [0.2, 0.25) is 0 Å². The second-order valence-electron chi connectivity index (χ2n) is 6.65. The van der Waals surface area contributed by atoms with Crippen LogP contribution < -0.4 is 0 Å². The largest absolute Gasteiger partial charge is 0.350 e. The van der Waals surface area contributed by atoms with E-state index in [1.165, 1.54) is 24.3 Å². The molecule has 1 heterocycles. The Bertz CT molecular complexity index is 1090. The number of rotatable bonds is 4. The lowest BCUT2D eigenvalue weighted by Crippen LogP contribution is -1.97. The molecular formula is C24H19F2N. The highest BCUT2D eigenvalue weighted by Gasteiger charge is 2.17. The van der Waals surface area contributed by atoms with Gasteiger partial charge in [0.25, 0.3) is 0 Å². The molecule has 0 N–H and O–H groups in total. The lowest BCUT2D eigenvalue weighted by molar-refractivity contribution is 0.627. The van der Waals surface area contributed by atoms with E-state index in [9.17, 15) is 8.78 Å². The number of aromatic nitrogens is 1. The molecule has 1 unspecified atom stereocenters. The van der Waals surface area contributed by atoms with Crippen LogP contribution >= 0.6 is 0 Å². The molecule has 0 bridgehead atoms. The van der Waals surface area contributed by atoms with Gasteiger partial charge in [-0.15, -0.1) is 0 Å². The van der Waals surface area contributed by atoms with Crippen molar-refractivity contribution in [2.24, 2.45) is 7.05 Å². The maximum atomic E-state index is 13.4. The summed E-state index contributed by atoms with van der Waals surface area (Å²) in [6, 6.07) is 21.2. The molecule has 0 saturated carbocycles. The molecule has 134 valence electrons. The third-order valence-electron chi connectivity index (χ3n) is 4.84. The minimum atomic E-state index is -0.253. The number of benzene rings is 3. The van der Waals surface area contributed by atoms with E-state index in [1.807, 2.05) is 37.4 Å². The fraction of sp³-hybridized carbons (Fsp3) is 0.0833.